The van der Waals surface area contributed by atoms with Crippen LogP contribution < -0.4 is 0 Å². The van der Waals surface area contributed by atoms with E-state index in [-0.39, 0.29) is 16.5 Å². The van der Waals surface area contributed by atoms with E-state index in [1.54, 1.807) is 6.92 Å². The molecule has 72 valence electrons. The van der Waals surface area contributed by atoms with Crippen LogP contribution in [0, 0.1) is 5.92 Å². The lowest BCUT2D eigenvalue weighted by atomic mass is 9.97. The molecule has 1 aliphatic heterocycles. The third-order valence-electron chi connectivity index (χ3n) is 2.76. The number of hydrogen-bond acceptors (Lipinski definition) is 2. The van der Waals surface area contributed by atoms with Crippen LogP contribution in [0.2, 0.25) is 0 Å². The predicted octanol–water partition coefficient (Wildman–Crippen LogP) is 1.83. The highest BCUT2D eigenvalue weighted by Crippen LogP contribution is 2.32. The van der Waals surface area contributed by atoms with Crippen LogP contribution in [0.4, 0.5) is 0 Å². The average molecular weight is 211 g/mol. The summed E-state index contributed by atoms with van der Waals surface area (Å²) in [6.45, 7) is 3.77. The molecule has 1 saturated heterocycles. The molecular weight excluding hydrogens is 196 g/mol. The van der Waals surface area contributed by atoms with E-state index in [4.69, 9.17) is 11.6 Å². The quantitative estimate of drug-likeness (QED) is 0.652. The van der Waals surface area contributed by atoms with Crippen LogP contribution in [0.15, 0.2) is 0 Å². The second-order valence-electron chi connectivity index (χ2n) is 3.45. The molecule has 0 N–H and O–H groups in total. The zero-order valence-electron chi connectivity index (χ0n) is 7.46. The highest BCUT2D eigenvalue weighted by Gasteiger charge is 2.39. The van der Waals surface area contributed by atoms with Crippen LogP contribution in [0.3, 0.4) is 0 Å². The normalized spacial score (nSPS) is 36.6. The van der Waals surface area contributed by atoms with Gasteiger partial charge in [0.15, 0.2) is 9.84 Å². The first-order valence-corrected chi connectivity index (χ1v) is 6.50. The number of hydrogen-bond donors (Lipinski definition) is 0. The minimum absolute atomic E-state index is 0.0253. The van der Waals surface area contributed by atoms with Gasteiger partial charge in [0.1, 0.15) is 0 Å². The molecule has 1 rings (SSSR count). The molecule has 0 aromatic rings. The Labute approximate surface area is 79.2 Å². The Morgan fingerprint density at radius 2 is 2.17 bits per heavy atom. The summed E-state index contributed by atoms with van der Waals surface area (Å²) < 4.78 is 22.7. The van der Waals surface area contributed by atoms with Crippen molar-refractivity contribution in [3.8, 4) is 0 Å². The maximum absolute atomic E-state index is 11.3. The van der Waals surface area contributed by atoms with E-state index in [1.165, 1.54) is 0 Å². The van der Waals surface area contributed by atoms with Crippen molar-refractivity contribution in [2.75, 3.05) is 5.75 Å². The summed E-state index contributed by atoms with van der Waals surface area (Å²) in [4.78, 5) is 0. The van der Waals surface area contributed by atoms with Crippen molar-refractivity contribution < 1.29 is 8.42 Å². The van der Waals surface area contributed by atoms with Crippen LogP contribution >= 0.6 is 11.6 Å². The van der Waals surface area contributed by atoms with Gasteiger partial charge in [0, 0.05) is 5.38 Å². The molecule has 3 unspecified atom stereocenters. The van der Waals surface area contributed by atoms with Gasteiger partial charge in [0.05, 0.1) is 11.0 Å². The summed E-state index contributed by atoms with van der Waals surface area (Å²) in [5.74, 6) is 0.490. The van der Waals surface area contributed by atoms with Gasteiger partial charge < -0.3 is 0 Å². The van der Waals surface area contributed by atoms with Crippen molar-refractivity contribution in [3.63, 3.8) is 0 Å². The molecule has 0 saturated carbocycles. The number of sulfone groups is 1. The van der Waals surface area contributed by atoms with Gasteiger partial charge in [-0.2, -0.15) is 0 Å². The van der Waals surface area contributed by atoms with Crippen molar-refractivity contribution in [1.29, 1.82) is 0 Å². The standard InChI is InChI=1S/C8H15ClO2S/c1-3-8(9)7-4-5-12(10,11)6(7)2/h6-8H,3-5H2,1-2H3. The lowest BCUT2D eigenvalue weighted by Gasteiger charge is -2.18. The molecule has 2 nitrogen and oxygen atoms in total. The topological polar surface area (TPSA) is 34.1 Å². The molecule has 0 spiro atoms. The first kappa shape index (κ1) is 10.3. The van der Waals surface area contributed by atoms with Crippen molar-refractivity contribution in [3.05, 3.63) is 0 Å². The Balaban J connectivity index is 2.74. The summed E-state index contributed by atoms with van der Waals surface area (Å²) in [6.07, 6.45) is 1.59. The highest BCUT2D eigenvalue weighted by atomic mass is 35.5. The molecule has 3 atom stereocenters. The second-order valence-corrected chi connectivity index (χ2v) is 6.49. The van der Waals surface area contributed by atoms with Crippen LogP contribution in [0.1, 0.15) is 26.7 Å². The first-order chi connectivity index (χ1) is 5.49. The van der Waals surface area contributed by atoms with Crippen LogP contribution in [-0.4, -0.2) is 24.8 Å². The number of alkyl halides is 1. The maximum atomic E-state index is 11.3. The molecule has 0 bridgehead atoms. The van der Waals surface area contributed by atoms with Crippen molar-refractivity contribution in [2.24, 2.45) is 5.92 Å². The Morgan fingerprint density at radius 3 is 2.50 bits per heavy atom. The predicted molar refractivity (Wildman–Crippen MR) is 51.3 cm³/mol. The van der Waals surface area contributed by atoms with E-state index >= 15 is 0 Å². The molecule has 1 heterocycles. The summed E-state index contributed by atoms with van der Waals surface area (Å²) in [7, 11) is -2.81. The molecule has 1 fully saturated rings. The van der Waals surface area contributed by atoms with Gasteiger partial charge in [0.2, 0.25) is 0 Å². The smallest absolute Gasteiger partial charge is 0.153 e. The Kier molecular flexibility index (Phi) is 3.05. The van der Waals surface area contributed by atoms with Gasteiger partial charge in [-0.1, -0.05) is 6.92 Å². The van der Waals surface area contributed by atoms with Crippen LogP contribution in [-0.2, 0) is 9.84 Å². The Hall–Kier alpha value is 0.240. The Bertz CT molecular complexity index is 248. The molecule has 0 aliphatic carbocycles. The molecule has 4 heteroatoms. The zero-order valence-corrected chi connectivity index (χ0v) is 9.03. The SMILES string of the molecule is CCC(Cl)C1CCS(=O)(=O)C1C. The average Bonchev–Trinajstić information content (AvgIpc) is 2.27. The van der Waals surface area contributed by atoms with Crippen molar-refractivity contribution in [1.82, 2.24) is 0 Å². The molecule has 1 aliphatic rings. The van der Waals surface area contributed by atoms with Gasteiger partial charge >= 0.3 is 0 Å². The van der Waals surface area contributed by atoms with Gasteiger partial charge in [-0.25, -0.2) is 8.42 Å². The zero-order chi connectivity index (χ0) is 9.35. The van der Waals surface area contributed by atoms with E-state index in [2.05, 4.69) is 0 Å². The monoisotopic (exact) mass is 210 g/mol. The van der Waals surface area contributed by atoms with E-state index in [0.29, 0.717) is 5.75 Å². The third kappa shape index (κ3) is 1.77. The lowest BCUT2D eigenvalue weighted by molar-refractivity contribution is 0.484. The molecular formula is C8H15ClO2S. The first-order valence-electron chi connectivity index (χ1n) is 4.34. The molecule has 12 heavy (non-hydrogen) atoms. The lowest BCUT2D eigenvalue weighted by Crippen LogP contribution is -2.24. The minimum atomic E-state index is -2.81. The number of rotatable bonds is 2. The van der Waals surface area contributed by atoms with Crippen LogP contribution in [0.25, 0.3) is 0 Å². The van der Waals surface area contributed by atoms with Gasteiger partial charge in [-0.15, -0.1) is 11.6 Å². The fourth-order valence-electron chi connectivity index (χ4n) is 1.76. The fraction of sp³-hybridized carbons (Fsp3) is 1.00. The molecule has 0 aromatic heterocycles. The van der Waals surface area contributed by atoms with E-state index in [9.17, 15) is 8.42 Å². The van der Waals surface area contributed by atoms with Crippen molar-refractivity contribution >= 4 is 21.4 Å². The molecule has 0 aromatic carbocycles. The van der Waals surface area contributed by atoms with Crippen LogP contribution in [0.5, 0.6) is 0 Å². The third-order valence-corrected chi connectivity index (χ3v) is 5.68. The second kappa shape index (κ2) is 3.54. The van der Waals surface area contributed by atoms with E-state index in [0.717, 1.165) is 12.8 Å². The van der Waals surface area contributed by atoms with Crippen molar-refractivity contribution in [2.45, 2.75) is 37.3 Å². The number of halogens is 1. The maximum Gasteiger partial charge on any atom is 0.153 e. The van der Waals surface area contributed by atoms with Gasteiger partial charge in [0.25, 0.3) is 0 Å². The fourth-order valence-corrected chi connectivity index (χ4v) is 4.03. The minimum Gasteiger partial charge on any atom is -0.229 e. The summed E-state index contributed by atoms with van der Waals surface area (Å²) >= 11 is 6.03. The summed E-state index contributed by atoms with van der Waals surface area (Å²) in [5, 5.41) is -0.211. The van der Waals surface area contributed by atoms with Gasteiger partial charge in [-0.05, 0) is 25.7 Å². The van der Waals surface area contributed by atoms with E-state index < -0.39 is 9.84 Å². The van der Waals surface area contributed by atoms with E-state index in [1.807, 2.05) is 6.92 Å². The molecule has 0 amide bonds. The molecule has 0 radical (unpaired) electrons. The summed E-state index contributed by atoms with van der Waals surface area (Å²) in [5.41, 5.74) is 0. The van der Waals surface area contributed by atoms with Gasteiger partial charge in [-0.3, -0.25) is 0 Å². The summed E-state index contributed by atoms with van der Waals surface area (Å²) in [6, 6.07) is 0. The largest absolute Gasteiger partial charge is 0.229 e. The highest BCUT2D eigenvalue weighted by molar-refractivity contribution is 7.92. The Morgan fingerprint density at radius 1 is 1.58 bits per heavy atom.